The standard InChI is InChI=1S/C15H10BrN5/c16-10-4-5-12-13(8-10)21-15(17-18-19-21)11-3-1-2-9-6-7-20(12)14(9)11/h1-5,8H,6-7H2. The van der Waals surface area contributed by atoms with Crippen LogP contribution in [0.25, 0.3) is 17.1 Å². The first kappa shape index (κ1) is 11.4. The van der Waals surface area contributed by atoms with Gasteiger partial charge in [0.05, 0.1) is 17.1 Å². The number of hydrogen-bond acceptors (Lipinski definition) is 4. The summed E-state index contributed by atoms with van der Waals surface area (Å²) >= 11 is 3.55. The van der Waals surface area contributed by atoms with Crippen LogP contribution in [-0.4, -0.2) is 26.8 Å². The largest absolute Gasteiger partial charge is 0.339 e. The van der Waals surface area contributed by atoms with E-state index in [1.165, 1.54) is 11.3 Å². The number of hydrogen-bond donors (Lipinski definition) is 0. The molecule has 0 saturated carbocycles. The number of halogens is 1. The first-order chi connectivity index (χ1) is 10.3. The molecule has 3 aromatic rings. The minimum atomic E-state index is 0.801. The third kappa shape index (κ3) is 1.43. The highest BCUT2D eigenvalue weighted by atomic mass is 79.9. The smallest absolute Gasteiger partial charge is 0.189 e. The first-order valence-electron chi connectivity index (χ1n) is 6.81. The number of tetrazole rings is 1. The molecule has 0 bridgehead atoms. The van der Waals surface area contributed by atoms with Gasteiger partial charge in [-0.2, -0.15) is 4.68 Å². The van der Waals surface area contributed by atoms with Crippen LogP contribution in [0.5, 0.6) is 0 Å². The van der Waals surface area contributed by atoms with Crippen LogP contribution in [0.15, 0.2) is 40.9 Å². The minimum Gasteiger partial charge on any atom is -0.339 e. The van der Waals surface area contributed by atoms with E-state index in [9.17, 15) is 0 Å². The second kappa shape index (κ2) is 3.92. The Morgan fingerprint density at radius 1 is 1.10 bits per heavy atom. The molecule has 0 unspecified atom stereocenters. The molecule has 0 spiro atoms. The van der Waals surface area contributed by atoms with Crippen LogP contribution in [0.4, 0.5) is 11.4 Å². The van der Waals surface area contributed by atoms with Crippen molar-refractivity contribution in [2.45, 2.75) is 6.42 Å². The predicted molar refractivity (Wildman–Crippen MR) is 83.0 cm³/mol. The molecule has 0 saturated heterocycles. The van der Waals surface area contributed by atoms with Gasteiger partial charge in [0.25, 0.3) is 0 Å². The van der Waals surface area contributed by atoms with Gasteiger partial charge >= 0.3 is 0 Å². The van der Waals surface area contributed by atoms with Gasteiger partial charge in [-0.05, 0) is 46.7 Å². The summed E-state index contributed by atoms with van der Waals surface area (Å²) in [4.78, 5) is 2.36. The van der Waals surface area contributed by atoms with Crippen molar-refractivity contribution < 1.29 is 0 Å². The van der Waals surface area contributed by atoms with Crippen molar-refractivity contribution in [1.82, 2.24) is 20.2 Å². The van der Waals surface area contributed by atoms with Gasteiger partial charge in [0.1, 0.15) is 0 Å². The zero-order valence-electron chi connectivity index (χ0n) is 11.0. The van der Waals surface area contributed by atoms with Crippen LogP contribution in [0, 0.1) is 0 Å². The third-order valence-electron chi connectivity index (χ3n) is 4.16. The maximum Gasteiger partial charge on any atom is 0.189 e. The second-order valence-electron chi connectivity index (χ2n) is 5.26. The molecule has 21 heavy (non-hydrogen) atoms. The normalized spacial score (nSPS) is 14.4. The van der Waals surface area contributed by atoms with Crippen LogP contribution < -0.4 is 4.90 Å². The molecule has 0 fully saturated rings. The van der Waals surface area contributed by atoms with Gasteiger partial charge in [-0.25, -0.2) is 0 Å². The Labute approximate surface area is 129 Å². The van der Waals surface area contributed by atoms with Gasteiger partial charge in [-0.15, -0.1) is 5.10 Å². The number of benzene rings is 2. The maximum atomic E-state index is 4.25. The molecule has 0 radical (unpaired) electrons. The van der Waals surface area contributed by atoms with E-state index < -0.39 is 0 Å². The molecular weight excluding hydrogens is 330 g/mol. The Balaban J connectivity index is 1.96. The van der Waals surface area contributed by atoms with E-state index in [0.29, 0.717) is 0 Å². The Morgan fingerprint density at radius 2 is 2.05 bits per heavy atom. The van der Waals surface area contributed by atoms with Crippen molar-refractivity contribution in [2.75, 3.05) is 11.4 Å². The lowest BCUT2D eigenvalue weighted by Gasteiger charge is -2.21. The molecule has 1 aromatic heterocycles. The fourth-order valence-corrected chi connectivity index (χ4v) is 3.64. The highest BCUT2D eigenvalue weighted by molar-refractivity contribution is 9.10. The molecule has 0 aliphatic carbocycles. The van der Waals surface area contributed by atoms with Crippen molar-refractivity contribution in [2.24, 2.45) is 0 Å². The first-order valence-corrected chi connectivity index (χ1v) is 7.60. The van der Waals surface area contributed by atoms with E-state index in [1.807, 2.05) is 4.68 Å². The van der Waals surface area contributed by atoms with Gasteiger partial charge < -0.3 is 4.90 Å². The molecule has 0 amide bonds. The number of fused-ring (bicyclic) bond motifs is 5. The van der Waals surface area contributed by atoms with Crippen molar-refractivity contribution in [1.29, 1.82) is 0 Å². The second-order valence-corrected chi connectivity index (χ2v) is 6.18. The highest BCUT2D eigenvalue weighted by Crippen LogP contribution is 2.46. The fraction of sp³-hybridized carbons (Fsp3) is 0.133. The molecule has 6 heteroatoms. The van der Waals surface area contributed by atoms with Crippen LogP contribution in [0.3, 0.4) is 0 Å². The average molecular weight is 340 g/mol. The van der Waals surface area contributed by atoms with Crippen molar-refractivity contribution in [3.63, 3.8) is 0 Å². The Hall–Kier alpha value is -2.21. The summed E-state index contributed by atoms with van der Waals surface area (Å²) in [5.41, 5.74) is 5.86. The third-order valence-corrected chi connectivity index (χ3v) is 4.65. The number of para-hydroxylation sites is 1. The summed E-state index contributed by atoms with van der Waals surface area (Å²) < 4.78 is 2.85. The van der Waals surface area contributed by atoms with Crippen molar-refractivity contribution >= 4 is 27.3 Å². The van der Waals surface area contributed by atoms with Gasteiger partial charge in [0.2, 0.25) is 0 Å². The molecule has 0 N–H and O–H groups in total. The van der Waals surface area contributed by atoms with Crippen molar-refractivity contribution in [3.8, 4) is 17.1 Å². The zero-order valence-corrected chi connectivity index (χ0v) is 12.6. The minimum absolute atomic E-state index is 0.801. The average Bonchev–Trinajstić information content (AvgIpc) is 3.11. The molecule has 5 nitrogen and oxygen atoms in total. The lowest BCUT2D eigenvalue weighted by Crippen LogP contribution is -2.14. The highest BCUT2D eigenvalue weighted by Gasteiger charge is 2.31. The van der Waals surface area contributed by atoms with E-state index in [4.69, 9.17) is 0 Å². The number of rotatable bonds is 0. The zero-order chi connectivity index (χ0) is 14.0. The van der Waals surface area contributed by atoms with Crippen LogP contribution in [0.2, 0.25) is 0 Å². The lowest BCUT2D eigenvalue weighted by molar-refractivity contribution is 0.790. The maximum absolute atomic E-state index is 4.25. The predicted octanol–water partition coefficient (Wildman–Crippen LogP) is 3.10. The van der Waals surface area contributed by atoms with Crippen LogP contribution >= 0.6 is 15.9 Å². The summed E-state index contributed by atoms with van der Waals surface area (Å²) in [7, 11) is 0. The molecular formula is C15H10BrN5. The molecule has 0 atom stereocenters. The topological polar surface area (TPSA) is 46.8 Å². The molecule has 2 aromatic carbocycles. The molecule has 2 aliphatic rings. The fourth-order valence-electron chi connectivity index (χ4n) is 3.29. The lowest BCUT2D eigenvalue weighted by atomic mass is 10.1. The SMILES string of the molecule is Brc1ccc2c(c1)-n1nnnc1-c1cccc3c1N2CC3. The Morgan fingerprint density at radius 3 is 3.00 bits per heavy atom. The molecule has 2 aliphatic heterocycles. The summed E-state index contributed by atoms with van der Waals surface area (Å²) in [5, 5.41) is 12.3. The Bertz CT molecular complexity index is 875. The van der Waals surface area contributed by atoms with Gasteiger partial charge in [-0.3, -0.25) is 0 Å². The number of nitrogens with zero attached hydrogens (tertiary/aromatic N) is 5. The van der Waals surface area contributed by atoms with Gasteiger partial charge in [0, 0.05) is 16.6 Å². The van der Waals surface area contributed by atoms with Gasteiger partial charge in [-0.1, -0.05) is 28.1 Å². The number of aromatic nitrogens is 4. The molecule has 3 heterocycles. The van der Waals surface area contributed by atoms with E-state index in [0.717, 1.165) is 40.2 Å². The van der Waals surface area contributed by atoms with Crippen LogP contribution in [0.1, 0.15) is 5.56 Å². The quantitative estimate of drug-likeness (QED) is 0.631. The summed E-state index contributed by atoms with van der Waals surface area (Å²) in [6.07, 6.45) is 1.06. The van der Waals surface area contributed by atoms with Crippen molar-refractivity contribution in [3.05, 3.63) is 46.4 Å². The van der Waals surface area contributed by atoms with E-state index in [-0.39, 0.29) is 0 Å². The monoisotopic (exact) mass is 339 g/mol. The Kier molecular flexibility index (Phi) is 2.13. The van der Waals surface area contributed by atoms with E-state index in [2.05, 4.69) is 72.8 Å². The summed E-state index contributed by atoms with van der Waals surface area (Å²) in [5.74, 6) is 0.801. The number of anilines is 2. The van der Waals surface area contributed by atoms with Gasteiger partial charge in [0.15, 0.2) is 5.82 Å². The van der Waals surface area contributed by atoms with E-state index >= 15 is 0 Å². The molecule has 5 rings (SSSR count). The van der Waals surface area contributed by atoms with Crippen LogP contribution in [-0.2, 0) is 6.42 Å². The summed E-state index contributed by atoms with van der Waals surface area (Å²) in [6.45, 7) is 0.985. The van der Waals surface area contributed by atoms with E-state index in [1.54, 1.807) is 0 Å². The summed E-state index contributed by atoms with van der Waals surface area (Å²) in [6, 6.07) is 12.6. The molecule has 102 valence electrons.